The largest absolute Gasteiger partial charge is 0.493 e. The lowest BCUT2D eigenvalue weighted by atomic mass is 9.87. The summed E-state index contributed by atoms with van der Waals surface area (Å²) in [4.78, 5) is 25.7. The minimum atomic E-state index is -1.14. The Hall–Kier alpha value is -3.58. The fourth-order valence-corrected chi connectivity index (χ4v) is 4.67. The fourth-order valence-electron chi connectivity index (χ4n) is 4.55. The molecule has 3 aromatic rings. The zero-order valence-electron chi connectivity index (χ0n) is 20.0. The van der Waals surface area contributed by atoms with Crippen molar-refractivity contribution in [2.75, 3.05) is 13.7 Å². The Bertz CT molecular complexity index is 1260. The van der Waals surface area contributed by atoms with E-state index in [9.17, 15) is 19.1 Å². The van der Waals surface area contributed by atoms with Crippen LogP contribution in [0.15, 0.2) is 60.7 Å². The smallest absolute Gasteiger partial charge is 0.323 e. The number of hydrogen-bond donors (Lipinski definition) is 1. The molecule has 0 aromatic heterocycles. The molecule has 0 bridgehead atoms. The van der Waals surface area contributed by atoms with Crippen LogP contribution >= 0.6 is 11.6 Å². The Kier molecular flexibility index (Phi) is 7.79. The first-order valence-electron chi connectivity index (χ1n) is 11.6. The summed E-state index contributed by atoms with van der Waals surface area (Å²) in [6.45, 7) is 1.61. The molecule has 36 heavy (non-hydrogen) atoms. The zero-order valence-corrected chi connectivity index (χ0v) is 20.8. The average Bonchev–Trinajstić information content (AvgIpc) is 2.83. The second-order valence-corrected chi connectivity index (χ2v) is 9.44. The molecule has 0 fully saturated rings. The summed E-state index contributed by atoms with van der Waals surface area (Å²) in [5.74, 6) is -0.665. The number of ether oxygens (including phenoxy) is 2. The number of carbonyl (C=O) groups excluding carboxylic acids is 1. The second-order valence-electron chi connectivity index (χ2n) is 9.01. The first-order valence-corrected chi connectivity index (χ1v) is 12.0. The van der Waals surface area contributed by atoms with Gasteiger partial charge in [-0.3, -0.25) is 9.59 Å². The molecule has 1 aliphatic rings. The molecule has 6 nitrogen and oxygen atoms in total. The maximum Gasteiger partial charge on any atom is 0.323 e. The van der Waals surface area contributed by atoms with E-state index in [0.717, 1.165) is 11.1 Å². The summed E-state index contributed by atoms with van der Waals surface area (Å²) < 4.78 is 25.6. The van der Waals surface area contributed by atoms with E-state index in [4.69, 9.17) is 21.1 Å². The van der Waals surface area contributed by atoms with Gasteiger partial charge in [-0.25, -0.2) is 4.39 Å². The van der Waals surface area contributed by atoms with E-state index in [-0.39, 0.29) is 30.9 Å². The van der Waals surface area contributed by atoms with Crippen molar-refractivity contribution in [3.63, 3.8) is 0 Å². The number of fused-ring (bicyclic) bond motifs is 1. The van der Waals surface area contributed by atoms with Crippen LogP contribution in [0.25, 0.3) is 0 Å². The Morgan fingerprint density at radius 1 is 1.14 bits per heavy atom. The van der Waals surface area contributed by atoms with E-state index < -0.39 is 18.3 Å². The average molecular weight is 512 g/mol. The van der Waals surface area contributed by atoms with Gasteiger partial charge >= 0.3 is 5.97 Å². The van der Waals surface area contributed by atoms with Gasteiger partial charge in [-0.15, -0.1) is 0 Å². The number of carboxylic acid groups (broad SMARTS) is 1. The number of nitrogens with zero attached hydrogens (tertiary/aromatic N) is 1. The number of halogens is 2. The lowest BCUT2D eigenvalue weighted by molar-refractivity contribution is -0.144. The highest BCUT2D eigenvalue weighted by atomic mass is 35.5. The quantitative estimate of drug-likeness (QED) is 0.435. The topological polar surface area (TPSA) is 76.1 Å². The van der Waals surface area contributed by atoms with Gasteiger partial charge in [0.2, 0.25) is 5.91 Å². The van der Waals surface area contributed by atoms with Crippen LogP contribution in [0.1, 0.15) is 35.3 Å². The Labute approximate surface area is 214 Å². The third-order valence-electron chi connectivity index (χ3n) is 6.21. The molecule has 0 aliphatic carbocycles. The van der Waals surface area contributed by atoms with Crippen molar-refractivity contribution >= 4 is 23.5 Å². The van der Waals surface area contributed by atoms with Gasteiger partial charge in [0.1, 0.15) is 18.5 Å². The highest BCUT2D eigenvalue weighted by Crippen LogP contribution is 2.44. The number of carbonyl (C=O) groups is 2. The monoisotopic (exact) mass is 511 g/mol. The summed E-state index contributed by atoms with van der Waals surface area (Å²) >= 11 is 6.04. The highest BCUT2D eigenvalue weighted by molar-refractivity contribution is 6.30. The van der Waals surface area contributed by atoms with Gasteiger partial charge in [-0.2, -0.15) is 0 Å². The van der Waals surface area contributed by atoms with Gasteiger partial charge in [0.05, 0.1) is 13.5 Å². The fraction of sp³-hybridized carbons (Fsp3) is 0.286. The maximum atomic E-state index is 13.6. The third-order valence-corrected chi connectivity index (χ3v) is 6.46. The molecule has 0 unspecified atom stereocenters. The number of rotatable bonds is 8. The number of methoxy groups -OCH3 is 1. The van der Waals surface area contributed by atoms with Crippen LogP contribution in [0.5, 0.6) is 11.5 Å². The molecule has 188 valence electrons. The second kappa shape index (κ2) is 11.0. The molecule has 2 atom stereocenters. The predicted molar refractivity (Wildman–Crippen MR) is 134 cm³/mol. The van der Waals surface area contributed by atoms with Crippen molar-refractivity contribution in [1.29, 1.82) is 0 Å². The highest BCUT2D eigenvalue weighted by Gasteiger charge is 2.31. The van der Waals surface area contributed by atoms with Gasteiger partial charge in [-0.05, 0) is 59.0 Å². The van der Waals surface area contributed by atoms with E-state index in [0.29, 0.717) is 34.1 Å². The van der Waals surface area contributed by atoms with E-state index in [1.807, 2.05) is 30.3 Å². The predicted octanol–water partition coefficient (Wildman–Crippen LogP) is 5.46. The summed E-state index contributed by atoms with van der Waals surface area (Å²) in [7, 11) is 1.54. The molecule has 3 aromatic carbocycles. The Morgan fingerprint density at radius 3 is 2.56 bits per heavy atom. The summed E-state index contributed by atoms with van der Waals surface area (Å²) in [6.07, 6.45) is 0.512. The molecule has 0 radical (unpaired) electrons. The SMILES string of the molecule is COc1cc(CC(=O)N(CC(=O)O)Cc2cccc(F)c2)cc2c1O[C@@H](c1ccc(Cl)cc1)[C@H](C)C2. The summed E-state index contributed by atoms with van der Waals surface area (Å²) in [5, 5.41) is 9.98. The molecular formula is C28H27ClFNO5. The third kappa shape index (κ3) is 5.97. The van der Waals surface area contributed by atoms with Crippen molar-refractivity contribution in [3.8, 4) is 11.5 Å². The van der Waals surface area contributed by atoms with Gasteiger partial charge in [-0.1, -0.05) is 48.9 Å². The van der Waals surface area contributed by atoms with Crippen LogP contribution < -0.4 is 9.47 Å². The molecule has 4 rings (SSSR count). The molecule has 0 saturated heterocycles. The van der Waals surface area contributed by atoms with Crippen LogP contribution in [0.3, 0.4) is 0 Å². The van der Waals surface area contributed by atoms with Crippen molar-refractivity contribution < 1.29 is 28.6 Å². The van der Waals surface area contributed by atoms with Crippen molar-refractivity contribution in [2.24, 2.45) is 5.92 Å². The maximum absolute atomic E-state index is 13.6. The van der Waals surface area contributed by atoms with Crippen molar-refractivity contribution in [2.45, 2.75) is 32.4 Å². The van der Waals surface area contributed by atoms with Crippen LogP contribution in [-0.4, -0.2) is 35.5 Å². The normalized spacial score (nSPS) is 16.6. The lowest BCUT2D eigenvalue weighted by Gasteiger charge is -2.33. The number of benzene rings is 3. The van der Waals surface area contributed by atoms with E-state index in [1.54, 1.807) is 19.2 Å². The Morgan fingerprint density at radius 2 is 1.89 bits per heavy atom. The van der Waals surface area contributed by atoms with Crippen molar-refractivity contribution in [3.05, 3.63) is 93.8 Å². The first-order chi connectivity index (χ1) is 17.2. The lowest BCUT2D eigenvalue weighted by Crippen LogP contribution is -2.36. The van der Waals surface area contributed by atoms with Gasteiger partial charge in [0.15, 0.2) is 11.5 Å². The molecular weight excluding hydrogens is 485 g/mol. The molecule has 1 aliphatic heterocycles. The van der Waals surface area contributed by atoms with E-state index in [2.05, 4.69) is 6.92 Å². The van der Waals surface area contributed by atoms with Gasteiger partial charge in [0, 0.05) is 17.5 Å². The van der Waals surface area contributed by atoms with Gasteiger partial charge < -0.3 is 19.5 Å². The number of amides is 1. The van der Waals surface area contributed by atoms with E-state index in [1.165, 1.54) is 23.1 Å². The summed E-state index contributed by atoms with van der Waals surface area (Å²) in [5.41, 5.74) is 3.14. The molecule has 0 saturated carbocycles. The standard InChI is InChI=1S/C28H27ClFNO5/c1-17-10-21-11-19(13-24(35-2)28(21)36-27(17)20-6-8-22(29)9-7-20)14-25(32)31(16-26(33)34)15-18-4-3-5-23(30)12-18/h3-9,11-13,17,27H,10,14-16H2,1-2H3,(H,33,34)/t17-,27-/m1/s1. The Balaban J connectivity index is 1.56. The van der Waals surface area contributed by atoms with Crippen LogP contribution in [0.4, 0.5) is 4.39 Å². The van der Waals surface area contributed by atoms with Crippen molar-refractivity contribution in [1.82, 2.24) is 4.90 Å². The number of carboxylic acids is 1. The van der Waals surface area contributed by atoms with Gasteiger partial charge in [0.25, 0.3) is 0 Å². The molecule has 1 N–H and O–H groups in total. The first kappa shape index (κ1) is 25.5. The number of aliphatic carboxylic acids is 1. The molecule has 8 heteroatoms. The molecule has 1 amide bonds. The summed E-state index contributed by atoms with van der Waals surface area (Å²) in [6, 6.07) is 17.0. The molecule has 0 spiro atoms. The minimum Gasteiger partial charge on any atom is -0.493 e. The van der Waals surface area contributed by atoms with Crippen LogP contribution in [-0.2, 0) is 29.0 Å². The number of hydrogen-bond acceptors (Lipinski definition) is 4. The molecule has 1 heterocycles. The van der Waals surface area contributed by atoms with Crippen LogP contribution in [0, 0.1) is 11.7 Å². The minimum absolute atomic E-state index is 0.00607. The van der Waals surface area contributed by atoms with Crippen LogP contribution in [0.2, 0.25) is 5.02 Å². The zero-order chi connectivity index (χ0) is 25.8. The van der Waals surface area contributed by atoms with E-state index >= 15 is 0 Å².